The minimum Gasteiger partial charge on any atom is -0.480 e. The highest BCUT2D eigenvalue weighted by Gasteiger charge is 2.35. The lowest BCUT2D eigenvalue weighted by Crippen LogP contribution is -2.40. The number of hydrogen-bond acceptors (Lipinski definition) is 3. The molecule has 0 saturated carbocycles. The number of amides is 1. The molecule has 1 aliphatic heterocycles. The number of nitrogens with zero attached hydrogens (tertiary/aromatic N) is 1. The predicted octanol–water partition coefficient (Wildman–Crippen LogP) is 2.27. The molecule has 0 bridgehead atoms. The van der Waals surface area contributed by atoms with E-state index >= 15 is 0 Å². The highest BCUT2D eigenvalue weighted by molar-refractivity contribution is 5.97. The maximum Gasteiger partial charge on any atom is 0.573 e. The quantitative estimate of drug-likeness (QED) is 0.930. The molecule has 0 aromatic heterocycles. The van der Waals surface area contributed by atoms with E-state index < -0.39 is 30.0 Å². The third-order valence-electron chi connectivity index (χ3n) is 3.11. The Morgan fingerprint density at radius 2 is 2.05 bits per heavy atom. The zero-order valence-corrected chi connectivity index (χ0v) is 10.8. The van der Waals surface area contributed by atoms with Gasteiger partial charge in [-0.05, 0) is 31.0 Å². The predicted molar refractivity (Wildman–Crippen MR) is 64.8 cm³/mol. The Bertz CT molecular complexity index is 559. The summed E-state index contributed by atoms with van der Waals surface area (Å²) in [6.07, 6.45) is -3.97. The van der Waals surface area contributed by atoms with E-state index in [1.807, 2.05) is 0 Å². The van der Waals surface area contributed by atoms with E-state index in [0.717, 1.165) is 17.0 Å². The topological polar surface area (TPSA) is 66.8 Å². The first-order valence-corrected chi connectivity index (χ1v) is 6.17. The fourth-order valence-electron chi connectivity index (χ4n) is 2.26. The lowest BCUT2D eigenvalue weighted by molar-refractivity contribution is -0.274. The van der Waals surface area contributed by atoms with Crippen LogP contribution in [0.1, 0.15) is 23.2 Å². The number of benzene rings is 1. The largest absolute Gasteiger partial charge is 0.573 e. The van der Waals surface area contributed by atoms with Crippen LogP contribution in [0.5, 0.6) is 5.75 Å². The van der Waals surface area contributed by atoms with Crippen LogP contribution < -0.4 is 4.74 Å². The first-order chi connectivity index (χ1) is 9.78. The van der Waals surface area contributed by atoms with Gasteiger partial charge in [-0.25, -0.2) is 4.79 Å². The maximum atomic E-state index is 12.2. The molecule has 1 aromatic carbocycles. The average Bonchev–Trinajstić information content (AvgIpc) is 2.85. The third-order valence-corrected chi connectivity index (χ3v) is 3.11. The molecule has 1 aliphatic rings. The van der Waals surface area contributed by atoms with Crippen molar-refractivity contribution in [3.63, 3.8) is 0 Å². The van der Waals surface area contributed by atoms with E-state index in [1.165, 1.54) is 12.1 Å². The van der Waals surface area contributed by atoms with Crippen molar-refractivity contribution in [2.75, 3.05) is 6.54 Å². The van der Waals surface area contributed by atoms with Crippen molar-refractivity contribution in [1.29, 1.82) is 0 Å². The number of carboxylic acids is 1. The van der Waals surface area contributed by atoms with Crippen molar-refractivity contribution in [2.24, 2.45) is 0 Å². The number of aliphatic carboxylic acids is 1. The Morgan fingerprint density at radius 3 is 2.67 bits per heavy atom. The van der Waals surface area contributed by atoms with Crippen LogP contribution in [0.3, 0.4) is 0 Å². The molecule has 1 aromatic rings. The van der Waals surface area contributed by atoms with Gasteiger partial charge < -0.3 is 14.7 Å². The first-order valence-electron chi connectivity index (χ1n) is 6.17. The summed E-state index contributed by atoms with van der Waals surface area (Å²) in [4.78, 5) is 24.4. The molecule has 1 saturated heterocycles. The summed E-state index contributed by atoms with van der Waals surface area (Å²) in [5, 5.41) is 9.02. The minimum atomic E-state index is -4.85. The highest BCUT2D eigenvalue weighted by Crippen LogP contribution is 2.25. The molecule has 2 rings (SSSR count). The van der Waals surface area contributed by atoms with Gasteiger partial charge in [0.05, 0.1) is 0 Å². The smallest absolute Gasteiger partial charge is 0.480 e. The van der Waals surface area contributed by atoms with Crippen LogP contribution in [0.15, 0.2) is 24.3 Å². The number of carbonyl (C=O) groups is 2. The van der Waals surface area contributed by atoms with Gasteiger partial charge in [-0.2, -0.15) is 0 Å². The molecule has 1 N–H and O–H groups in total. The van der Waals surface area contributed by atoms with Gasteiger partial charge in [0.15, 0.2) is 0 Å². The zero-order chi connectivity index (χ0) is 15.6. The molecule has 1 unspecified atom stereocenters. The Hall–Kier alpha value is -2.25. The van der Waals surface area contributed by atoms with Crippen LogP contribution in [-0.2, 0) is 4.79 Å². The second-order valence-electron chi connectivity index (χ2n) is 4.57. The summed E-state index contributed by atoms with van der Waals surface area (Å²) in [5.41, 5.74) is -0.0371. The standard InChI is InChI=1S/C13H12F3NO4/c14-13(15,16)21-9-4-1-3-8(7-9)11(18)17-6-2-5-10(17)12(19)20/h1,3-4,7,10H,2,5-6H2,(H,19,20). The van der Waals surface area contributed by atoms with E-state index in [2.05, 4.69) is 4.74 Å². The number of carboxylic acid groups (broad SMARTS) is 1. The molecule has 0 aliphatic carbocycles. The summed E-state index contributed by atoms with van der Waals surface area (Å²) < 4.78 is 40.2. The van der Waals surface area contributed by atoms with Crippen LogP contribution in [0.2, 0.25) is 0 Å². The third kappa shape index (κ3) is 3.65. The average molecular weight is 303 g/mol. The SMILES string of the molecule is O=C(O)C1CCCN1C(=O)c1cccc(OC(F)(F)F)c1. The Balaban J connectivity index is 2.19. The normalized spacial score (nSPS) is 18.6. The molecule has 1 amide bonds. The monoisotopic (exact) mass is 303 g/mol. The van der Waals surface area contributed by atoms with Crippen molar-refractivity contribution in [3.8, 4) is 5.75 Å². The fraction of sp³-hybridized carbons (Fsp3) is 0.385. The van der Waals surface area contributed by atoms with Gasteiger partial charge in [0.25, 0.3) is 5.91 Å². The zero-order valence-electron chi connectivity index (χ0n) is 10.8. The molecular weight excluding hydrogens is 291 g/mol. The lowest BCUT2D eigenvalue weighted by atomic mass is 10.1. The number of carbonyl (C=O) groups excluding carboxylic acids is 1. The highest BCUT2D eigenvalue weighted by atomic mass is 19.4. The molecular formula is C13H12F3NO4. The lowest BCUT2D eigenvalue weighted by Gasteiger charge is -2.21. The molecule has 5 nitrogen and oxygen atoms in total. The number of likely N-dealkylation sites (tertiary alicyclic amines) is 1. The van der Waals surface area contributed by atoms with Gasteiger partial charge in [0, 0.05) is 12.1 Å². The number of rotatable bonds is 3. The van der Waals surface area contributed by atoms with Crippen molar-refractivity contribution in [1.82, 2.24) is 4.90 Å². The Morgan fingerprint density at radius 1 is 1.33 bits per heavy atom. The van der Waals surface area contributed by atoms with Crippen LogP contribution >= 0.6 is 0 Å². The van der Waals surface area contributed by atoms with Gasteiger partial charge >= 0.3 is 12.3 Å². The Kier molecular flexibility index (Phi) is 4.06. The van der Waals surface area contributed by atoms with Crippen LogP contribution in [0, 0.1) is 0 Å². The molecule has 1 heterocycles. The van der Waals surface area contributed by atoms with Gasteiger partial charge in [-0.1, -0.05) is 6.07 Å². The second-order valence-corrected chi connectivity index (χ2v) is 4.57. The molecule has 0 spiro atoms. The number of ether oxygens (including phenoxy) is 1. The van der Waals surface area contributed by atoms with E-state index in [4.69, 9.17) is 5.11 Å². The molecule has 0 radical (unpaired) electrons. The van der Waals surface area contributed by atoms with E-state index in [9.17, 15) is 22.8 Å². The molecule has 8 heteroatoms. The number of alkyl halides is 3. The van der Waals surface area contributed by atoms with Gasteiger partial charge in [0.1, 0.15) is 11.8 Å². The van der Waals surface area contributed by atoms with Crippen molar-refractivity contribution < 1.29 is 32.6 Å². The molecule has 21 heavy (non-hydrogen) atoms. The van der Waals surface area contributed by atoms with Crippen molar-refractivity contribution in [2.45, 2.75) is 25.2 Å². The van der Waals surface area contributed by atoms with Crippen LogP contribution in [-0.4, -0.2) is 40.8 Å². The van der Waals surface area contributed by atoms with E-state index in [-0.39, 0.29) is 12.1 Å². The van der Waals surface area contributed by atoms with Crippen LogP contribution in [0.25, 0.3) is 0 Å². The maximum absolute atomic E-state index is 12.2. The number of halogens is 3. The number of hydrogen-bond donors (Lipinski definition) is 1. The summed E-state index contributed by atoms with van der Waals surface area (Å²) in [6.45, 7) is 0.264. The van der Waals surface area contributed by atoms with Crippen molar-refractivity contribution in [3.05, 3.63) is 29.8 Å². The van der Waals surface area contributed by atoms with E-state index in [0.29, 0.717) is 12.8 Å². The summed E-state index contributed by atoms with van der Waals surface area (Å²) in [7, 11) is 0. The first kappa shape index (κ1) is 15.1. The van der Waals surface area contributed by atoms with Gasteiger partial charge in [-0.15, -0.1) is 13.2 Å². The van der Waals surface area contributed by atoms with Crippen LogP contribution in [0.4, 0.5) is 13.2 Å². The summed E-state index contributed by atoms with van der Waals surface area (Å²) in [6, 6.07) is 3.66. The summed E-state index contributed by atoms with van der Waals surface area (Å²) in [5.74, 6) is -2.25. The van der Waals surface area contributed by atoms with Gasteiger partial charge in [-0.3, -0.25) is 4.79 Å². The molecule has 1 atom stereocenters. The van der Waals surface area contributed by atoms with Crippen molar-refractivity contribution >= 4 is 11.9 Å². The molecule has 114 valence electrons. The minimum absolute atomic E-state index is 0.0371. The fourth-order valence-corrected chi connectivity index (χ4v) is 2.26. The molecule has 1 fully saturated rings. The summed E-state index contributed by atoms with van der Waals surface area (Å²) >= 11 is 0. The second kappa shape index (κ2) is 5.63. The Labute approximate surface area is 117 Å². The van der Waals surface area contributed by atoms with E-state index in [1.54, 1.807) is 0 Å². The van der Waals surface area contributed by atoms with Gasteiger partial charge in [0.2, 0.25) is 0 Å².